The number of nitrogens with zero attached hydrogens (tertiary/aromatic N) is 3. The van der Waals surface area contributed by atoms with Crippen LogP contribution in [0.5, 0.6) is 0 Å². The molecule has 1 N–H and O–H groups in total. The molecule has 1 aliphatic rings. The second-order valence-corrected chi connectivity index (χ2v) is 9.33. The number of benzene rings is 3. The summed E-state index contributed by atoms with van der Waals surface area (Å²) in [6.45, 7) is 6.68. The van der Waals surface area contributed by atoms with Gasteiger partial charge in [0.15, 0.2) is 0 Å². The normalized spacial score (nSPS) is 14.4. The highest BCUT2D eigenvalue weighted by Gasteiger charge is 2.24. The number of carbonyl (C=O) groups excluding carboxylic acids is 1. The van der Waals surface area contributed by atoms with Gasteiger partial charge in [-0.1, -0.05) is 78.4 Å². The van der Waals surface area contributed by atoms with Crippen molar-refractivity contribution in [2.75, 3.05) is 26.2 Å². The van der Waals surface area contributed by atoms with E-state index in [1.807, 2.05) is 66.4 Å². The van der Waals surface area contributed by atoms with E-state index in [-0.39, 0.29) is 24.4 Å². The fraction of sp³-hybridized carbons (Fsp3) is 0.276. The summed E-state index contributed by atoms with van der Waals surface area (Å²) in [6.07, 6.45) is 0.270. The maximum absolute atomic E-state index is 13.1. The summed E-state index contributed by atoms with van der Waals surface area (Å²) < 4.78 is 1.46. The Morgan fingerprint density at radius 1 is 0.886 bits per heavy atom. The van der Waals surface area contributed by atoms with E-state index in [0.717, 1.165) is 49.4 Å². The van der Waals surface area contributed by atoms with Crippen molar-refractivity contribution in [1.29, 1.82) is 0 Å². The van der Waals surface area contributed by atoms with Gasteiger partial charge in [-0.2, -0.15) is 5.10 Å². The van der Waals surface area contributed by atoms with Crippen LogP contribution < -0.4 is 10.5 Å². The minimum atomic E-state index is -0.151. The van der Waals surface area contributed by atoms with Gasteiger partial charge in [-0.15, -0.1) is 0 Å². The maximum Gasteiger partial charge on any atom is 0.274 e. The van der Waals surface area contributed by atoms with E-state index in [9.17, 15) is 9.59 Å². The lowest BCUT2D eigenvalue weighted by molar-refractivity contribution is -0.917. The molecule has 0 unspecified atom stereocenters. The van der Waals surface area contributed by atoms with Crippen LogP contribution in [0.4, 0.5) is 0 Å². The molecule has 1 saturated heterocycles. The molecule has 1 amide bonds. The number of fused-ring (bicyclic) bond motifs is 1. The molecule has 35 heavy (non-hydrogen) atoms. The summed E-state index contributed by atoms with van der Waals surface area (Å²) >= 11 is 0. The molecule has 6 nitrogen and oxygen atoms in total. The van der Waals surface area contributed by atoms with Crippen LogP contribution in [-0.4, -0.2) is 46.8 Å². The fourth-order valence-corrected chi connectivity index (χ4v) is 4.80. The third-order valence-electron chi connectivity index (χ3n) is 6.85. The molecule has 1 fully saturated rings. The van der Waals surface area contributed by atoms with Crippen LogP contribution in [0, 0.1) is 6.92 Å². The van der Waals surface area contributed by atoms with Crippen molar-refractivity contribution < 1.29 is 9.69 Å². The zero-order valence-electron chi connectivity index (χ0n) is 20.1. The zero-order chi connectivity index (χ0) is 24.2. The van der Waals surface area contributed by atoms with Crippen molar-refractivity contribution in [3.63, 3.8) is 0 Å². The van der Waals surface area contributed by atoms with E-state index in [0.29, 0.717) is 5.39 Å². The Labute approximate surface area is 205 Å². The Balaban J connectivity index is 1.28. The van der Waals surface area contributed by atoms with Gasteiger partial charge in [0.1, 0.15) is 6.54 Å². The molecule has 3 aromatic carbocycles. The molecule has 0 bridgehead atoms. The molecular weight excluding hydrogens is 436 g/mol. The first-order valence-corrected chi connectivity index (χ1v) is 12.3. The molecule has 0 spiro atoms. The number of aryl methyl sites for hydroxylation is 2. The molecule has 178 valence electrons. The highest BCUT2D eigenvalue weighted by atomic mass is 16.2. The van der Waals surface area contributed by atoms with Crippen LogP contribution in [0.25, 0.3) is 22.0 Å². The Kier molecular flexibility index (Phi) is 6.73. The first-order chi connectivity index (χ1) is 17.1. The number of quaternary nitrogens is 1. The van der Waals surface area contributed by atoms with Crippen molar-refractivity contribution in [2.24, 2.45) is 0 Å². The van der Waals surface area contributed by atoms with Crippen molar-refractivity contribution in [2.45, 2.75) is 26.4 Å². The molecule has 2 heterocycles. The Morgan fingerprint density at radius 3 is 2.26 bits per heavy atom. The van der Waals surface area contributed by atoms with Gasteiger partial charge in [-0.05, 0) is 13.0 Å². The van der Waals surface area contributed by atoms with Crippen LogP contribution in [0.3, 0.4) is 0 Å². The lowest BCUT2D eigenvalue weighted by Gasteiger charge is -2.32. The topological polar surface area (TPSA) is 59.6 Å². The van der Waals surface area contributed by atoms with E-state index in [2.05, 4.69) is 24.3 Å². The summed E-state index contributed by atoms with van der Waals surface area (Å²) in [4.78, 5) is 29.5. The van der Waals surface area contributed by atoms with Crippen LogP contribution in [-0.2, 0) is 17.9 Å². The van der Waals surface area contributed by atoms with E-state index in [1.54, 1.807) is 0 Å². The molecule has 0 saturated carbocycles. The smallest absolute Gasteiger partial charge is 0.274 e. The number of aromatic nitrogens is 2. The summed E-state index contributed by atoms with van der Waals surface area (Å²) in [5.41, 5.74) is 4.08. The summed E-state index contributed by atoms with van der Waals surface area (Å²) in [6, 6.07) is 26.2. The van der Waals surface area contributed by atoms with E-state index in [4.69, 9.17) is 5.10 Å². The Morgan fingerprint density at radius 2 is 1.54 bits per heavy atom. The number of rotatable bonds is 6. The van der Waals surface area contributed by atoms with Gasteiger partial charge in [0.05, 0.1) is 43.8 Å². The highest BCUT2D eigenvalue weighted by molar-refractivity contribution is 5.93. The molecule has 6 heteroatoms. The average molecular weight is 468 g/mol. The van der Waals surface area contributed by atoms with E-state index in [1.165, 1.54) is 20.7 Å². The van der Waals surface area contributed by atoms with Crippen molar-refractivity contribution in [3.05, 3.63) is 100 Å². The van der Waals surface area contributed by atoms with Crippen LogP contribution in [0.2, 0.25) is 0 Å². The minimum absolute atomic E-state index is 0.0857. The van der Waals surface area contributed by atoms with Crippen molar-refractivity contribution >= 4 is 16.7 Å². The third kappa shape index (κ3) is 5.17. The first-order valence-electron chi connectivity index (χ1n) is 12.3. The largest absolute Gasteiger partial charge is 0.331 e. The molecule has 0 radical (unpaired) electrons. The third-order valence-corrected chi connectivity index (χ3v) is 6.85. The summed E-state index contributed by atoms with van der Waals surface area (Å²) in [5.74, 6) is 0.0857. The number of amides is 1. The van der Waals surface area contributed by atoms with E-state index >= 15 is 0 Å². The second-order valence-electron chi connectivity index (χ2n) is 9.33. The molecule has 1 aliphatic heterocycles. The molecule has 4 aromatic rings. The number of piperazine rings is 1. The Hall–Kier alpha value is -3.77. The van der Waals surface area contributed by atoms with Gasteiger partial charge in [0.25, 0.3) is 5.56 Å². The second kappa shape index (κ2) is 10.2. The van der Waals surface area contributed by atoms with Gasteiger partial charge in [0, 0.05) is 22.9 Å². The number of hydrogen-bond acceptors (Lipinski definition) is 3. The molecule has 0 aliphatic carbocycles. The number of carbonyl (C=O) groups is 1. The van der Waals surface area contributed by atoms with Crippen molar-refractivity contribution in [3.8, 4) is 11.3 Å². The van der Waals surface area contributed by atoms with E-state index < -0.39 is 0 Å². The first kappa shape index (κ1) is 23.0. The highest BCUT2D eigenvalue weighted by Crippen LogP contribution is 2.25. The minimum Gasteiger partial charge on any atom is -0.331 e. The molecule has 5 rings (SSSR count). The predicted molar refractivity (Wildman–Crippen MR) is 138 cm³/mol. The predicted octanol–water partition coefficient (Wildman–Crippen LogP) is 2.69. The molecular formula is C29H31N4O2+. The summed E-state index contributed by atoms with van der Waals surface area (Å²) in [7, 11) is 0. The van der Waals surface area contributed by atoms with Crippen LogP contribution >= 0.6 is 0 Å². The lowest BCUT2D eigenvalue weighted by Crippen LogP contribution is -3.13. The number of hydrogen-bond donors (Lipinski definition) is 1. The quantitative estimate of drug-likeness (QED) is 0.474. The maximum atomic E-state index is 13.1. The molecule has 0 atom stereocenters. The van der Waals surface area contributed by atoms with Crippen molar-refractivity contribution in [1.82, 2.24) is 14.7 Å². The number of nitrogens with one attached hydrogen (secondary N) is 1. The Bertz CT molecular complexity index is 1370. The average Bonchev–Trinajstić information content (AvgIpc) is 2.90. The van der Waals surface area contributed by atoms with Gasteiger partial charge in [0.2, 0.25) is 5.91 Å². The fourth-order valence-electron chi connectivity index (χ4n) is 4.80. The zero-order valence-corrected chi connectivity index (χ0v) is 20.1. The van der Waals surface area contributed by atoms with Crippen LogP contribution in [0.15, 0.2) is 83.7 Å². The van der Waals surface area contributed by atoms with Gasteiger partial charge in [-0.3, -0.25) is 9.59 Å². The van der Waals surface area contributed by atoms with Gasteiger partial charge in [-0.25, -0.2) is 4.68 Å². The monoisotopic (exact) mass is 467 g/mol. The van der Waals surface area contributed by atoms with Crippen LogP contribution in [0.1, 0.15) is 17.5 Å². The lowest BCUT2D eigenvalue weighted by atomic mass is 10.0. The van der Waals surface area contributed by atoms with Gasteiger partial charge < -0.3 is 9.80 Å². The summed E-state index contributed by atoms with van der Waals surface area (Å²) in [5, 5.41) is 6.17. The SMILES string of the molecule is Cc1ccc(-c2nn(CCC(=O)N3CC[NH+](Cc4ccccc4)CC3)c(=O)c3ccccc23)cc1. The standard InChI is InChI=1S/C29H30N4O2/c1-22-11-13-24(14-12-22)28-25-9-5-6-10-26(25)29(35)33(30-28)16-15-27(34)32-19-17-31(18-20-32)21-23-7-3-2-4-8-23/h2-14H,15-21H2,1H3/p+1. The van der Waals surface area contributed by atoms with Gasteiger partial charge >= 0.3 is 0 Å². The molecule has 1 aromatic heterocycles.